The number of rotatable bonds is 4. The zero-order valence-corrected chi connectivity index (χ0v) is 9.23. The summed E-state index contributed by atoms with van der Waals surface area (Å²) in [5, 5.41) is 12.2. The summed E-state index contributed by atoms with van der Waals surface area (Å²) >= 11 is 0. The highest BCUT2D eigenvalue weighted by Crippen LogP contribution is 2.13. The van der Waals surface area contributed by atoms with Crippen molar-refractivity contribution in [2.24, 2.45) is 0 Å². The summed E-state index contributed by atoms with van der Waals surface area (Å²) in [6.45, 7) is 0.916. The highest BCUT2D eigenvalue weighted by atomic mass is 16.5. The largest absolute Gasteiger partial charge is 0.497 e. The molecule has 1 unspecified atom stereocenters. The molecule has 3 nitrogen and oxygen atoms in total. The van der Waals surface area contributed by atoms with E-state index >= 15 is 0 Å². The number of benzene rings is 1. The molecule has 1 aromatic rings. The van der Waals surface area contributed by atoms with Crippen molar-refractivity contribution < 1.29 is 9.84 Å². The van der Waals surface area contributed by atoms with Crippen molar-refractivity contribution in [3.63, 3.8) is 0 Å². The number of ether oxygens (including phenoxy) is 1. The van der Waals surface area contributed by atoms with Crippen LogP contribution >= 0.6 is 0 Å². The fourth-order valence-electron chi connectivity index (χ4n) is 1.69. The van der Waals surface area contributed by atoms with Crippen molar-refractivity contribution in [2.45, 2.75) is 25.6 Å². The summed E-state index contributed by atoms with van der Waals surface area (Å²) in [4.78, 5) is 0. The lowest BCUT2D eigenvalue weighted by Gasteiger charge is -2.20. The van der Waals surface area contributed by atoms with Crippen molar-refractivity contribution in [2.75, 3.05) is 11.9 Å². The second kappa shape index (κ2) is 5.56. The molecule has 1 heterocycles. The number of nitrogens with one attached hydrogen (secondary N) is 1. The smallest absolute Gasteiger partial charge is 0.115 e. The van der Waals surface area contributed by atoms with Gasteiger partial charge in [0.2, 0.25) is 0 Å². The summed E-state index contributed by atoms with van der Waals surface area (Å²) in [5.41, 5.74) is 2.00. The van der Waals surface area contributed by atoms with Gasteiger partial charge in [0.25, 0.3) is 0 Å². The number of aliphatic hydroxyl groups is 1. The summed E-state index contributed by atoms with van der Waals surface area (Å²) in [6.07, 6.45) is 6.26. The molecule has 1 aliphatic heterocycles. The van der Waals surface area contributed by atoms with Crippen LogP contribution in [0.3, 0.4) is 0 Å². The van der Waals surface area contributed by atoms with Crippen LogP contribution in [0.25, 0.3) is 0 Å². The molecule has 1 aliphatic rings. The fraction of sp³-hybridized carbons (Fsp3) is 0.385. The Balaban J connectivity index is 1.82. The van der Waals surface area contributed by atoms with Gasteiger partial charge in [0.15, 0.2) is 0 Å². The number of aliphatic hydroxyl groups excluding tert-OH is 1. The maximum Gasteiger partial charge on any atom is 0.115 e. The average Bonchev–Trinajstić information content (AvgIpc) is 2.38. The van der Waals surface area contributed by atoms with Crippen LogP contribution in [0.2, 0.25) is 0 Å². The zero-order valence-electron chi connectivity index (χ0n) is 9.23. The molecular formula is C13H17NO2. The minimum Gasteiger partial charge on any atom is -0.497 e. The summed E-state index contributed by atoms with van der Waals surface area (Å²) < 4.78 is 5.46. The van der Waals surface area contributed by atoms with Crippen LogP contribution in [0.5, 0.6) is 0 Å². The second-order valence-corrected chi connectivity index (χ2v) is 3.94. The van der Waals surface area contributed by atoms with Gasteiger partial charge in [0.05, 0.1) is 19.4 Å². The normalized spacial score (nSPS) is 19.2. The van der Waals surface area contributed by atoms with E-state index in [2.05, 4.69) is 5.32 Å². The van der Waals surface area contributed by atoms with Crippen LogP contribution in [0.15, 0.2) is 36.6 Å². The Morgan fingerprint density at radius 3 is 2.75 bits per heavy atom. The highest BCUT2D eigenvalue weighted by Gasteiger charge is 2.09. The van der Waals surface area contributed by atoms with Crippen LogP contribution in [-0.2, 0) is 11.3 Å². The zero-order chi connectivity index (χ0) is 11.2. The van der Waals surface area contributed by atoms with Crippen LogP contribution in [0.4, 0.5) is 5.69 Å². The molecule has 0 fully saturated rings. The van der Waals surface area contributed by atoms with Crippen molar-refractivity contribution >= 4 is 5.69 Å². The van der Waals surface area contributed by atoms with E-state index in [1.54, 1.807) is 6.26 Å². The fourth-order valence-corrected chi connectivity index (χ4v) is 1.69. The predicted molar refractivity (Wildman–Crippen MR) is 64.1 cm³/mol. The Morgan fingerprint density at radius 1 is 1.31 bits per heavy atom. The van der Waals surface area contributed by atoms with Crippen LogP contribution < -0.4 is 5.32 Å². The molecule has 0 aliphatic carbocycles. The minimum atomic E-state index is 0.0941. The van der Waals surface area contributed by atoms with Gasteiger partial charge >= 0.3 is 0 Å². The third kappa shape index (κ3) is 3.00. The van der Waals surface area contributed by atoms with E-state index in [1.807, 2.05) is 30.3 Å². The van der Waals surface area contributed by atoms with Gasteiger partial charge in [-0.15, -0.1) is 0 Å². The third-order valence-electron chi connectivity index (χ3n) is 2.69. The first-order valence-corrected chi connectivity index (χ1v) is 5.62. The lowest BCUT2D eigenvalue weighted by molar-refractivity contribution is 0.135. The second-order valence-electron chi connectivity index (χ2n) is 3.94. The number of hydrogen-bond donors (Lipinski definition) is 2. The Labute approximate surface area is 95.7 Å². The van der Waals surface area contributed by atoms with Gasteiger partial charge in [-0.05, 0) is 36.6 Å². The maximum absolute atomic E-state index is 8.91. The lowest BCUT2D eigenvalue weighted by atomic mass is 10.1. The van der Waals surface area contributed by atoms with E-state index in [9.17, 15) is 0 Å². The molecule has 0 saturated heterocycles. The molecule has 0 aromatic heterocycles. The Kier molecular flexibility index (Phi) is 3.83. The average molecular weight is 219 g/mol. The van der Waals surface area contributed by atoms with E-state index in [-0.39, 0.29) is 12.7 Å². The van der Waals surface area contributed by atoms with Gasteiger partial charge in [-0.3, -0.25) is 0 Å². The van der Waals surface area contributed by atoms with Gasteiger partial charge in [-0.1, -0.05) is 12.1 Å². The third-order valence-corrected chi connectivity index (χ3v) is 2.69. The summed E-state index contributed by atoms with van der Waals surface area (Å²) in [6, 6.07) is 7.79. The lowest BCUT2D eigenvalue weighted by Crippen LogP contribution is -2.22. The molecule has 0 spiro atoms. The number of anilines is 1. The monoisotopic (exact) mass is 219 g/mol. The van der Waals surface area contributed by atoms with Crippen molar-refractivity contribution in [1.82, 2.24) is 0 Å². The number of hydrogen-bond acceptors (Lipinski definition) is 3. The first-order valence-electron chi connectivity index (χ1n) is 5.62. The predicted octanol–water partition coefficient (Wildman–Crippen LogP) is 2.28. The molecule has 3 heteroatoms. The molecule has 0 amide bonds. The molecule has 86 valence electrons. The minimum absolute atomic E-state index is 0.0941. The molecular weight excluding hydrogens is 202 g/mol. The molecule has 0 saturated carbocycles. The van der Waals surface area contributed by atoms with Gasteiger partial charge in [-0.25, -0.2) is 0 Å². The quantitative estimate of drug-likeness (QED) is 0.816. The summed E-state index contributed by atoms with van der Waals surface area (Å²) in [7, 11) is 0. The van der Waals surface area contributed by atoms with E-state index in [0.29, 0.717) is 0 Å². The highest BCUT2D eigenvalue weighted by molar-refractivity contribution is 5.44. The Hall–Kier alpha value is -1.48. The van der Waals surface area contributed by atoms with Crippen molar-refractivity contribution in [3.05, 3.63) is 42.2 Å². The molecule has 0 bridgehead atoms. The van der Waals surface area contributed by atoms with Gasteiger partial charge < -0.3 is 15.2 Å². The molecule has 1 atom stereocenters. The van der Waals surface area contributed by atoms with E-state index in [4.69, 9.17) is 9.84 Å². The van der Waals surface area contributed by atoms with Crippen molar-refractivity contribution in [1.29, 1.82) is 0 Å². The Morgan fingerprint density at radius 2 is 2.12 bits per heavy atom. The maximum atomic E-state index is 8.91. The molecule has 16 heavy (non-hydrogen) atoms. The molecule has 2 rings (SSSR count). The van der Waals surface area contributed by atoms with Crippen LogP contribution in [0, 0.1) is 0 Å². The van der Waals surface area contributed by atoms with E-state index in [1.165, 1.54) is 0 Å². The van der Waals surface area contributed by atoms with Gasteiger partial charge in [0.1, 0.15) is 6.10 Å². The first-order chi connectivity index (χ1) is 7.88. The van der Waals surface area contributed by atoms with E-state index < -0.39 is 0 Å². The van der Waals surface area contributed by atoms with Crippen LogP contribution in [-0.4, -0.2) is 17.8 Å². The molecule has 1 aromatic carbocycles. The standard InChI is InChI=1S/C13H17NO2/c15-10-11-4-6-12(7-5-11)14-9-13-3-1-2-8-16-13/h2,4-8,13-15H,1,3,9-10H2. The van der Waals surface area contributed by atoms with E-state index in [0.717, 1.165) is 30.6 Å². The van der Waals surface area contributed by atoms with Crippen LogP contribution in [0.1, 0.15) is 18.4 Å². The first kappa shape index (κ1) is 11.0. The number of allylic oxidation sites excluding steroid dienone is 1. The van der Waals surface area contributed by atoms with Gasteiger partial charge in [0, 0.05) is 5.69 Å². The summed E-state index contributed by atoms with van der Waals surface area (Å²) in [5.74, 6) is 0. The molecule has 0 radical (unpaired) electrons. The van der Waals surface area contributed by atoms with Gasteiger partial charge in [-0.2, -0.15) is 0 Å². The SMILES string of the molecule is OCc1ccc(NCC2CCC=CO2)cc1. The topological polar surface area (TPSA) is 41.5 Å². The molecule has 2 N–H and O–H groups in total. The Bertz CT molecular complexity index is 345. The van der Waals surface area contributed by atoms with Crippen molar-refractivity contribution in [3.8, 4) is 0 Å².